The summed E-state index contributed by atoms with van der Waals surface area (Å²) in [4.78, 5) is 15.3. The van der Waals surface area contributed by atoms with Crippen molar-refractivity contribution >= 4 is 22.6 Å². The number of aromatic amines is 1. The van der Waals surface area contributed by atoms with Gasteiger partial charge in [-0.25, -0.2) is 4.79 Å². The molecule has 0 amide bonds. The first-order valence-electron chi connectivity index (χ1n) is 7.27. The van der Waals surface area contributed by atoms with Gasteiger partial charge in [0.1, 0.15) is 11.8 Å². The molecule has 0 bridgehead atoms. The zero-order chi connectivity index (χ0) is 14.8. The minimum Gasteiger partial charge on any atom is -0.458 e. The molecule has 0 saturated heterocycles. The molecule has 3 N–H and O–H groups in total. The second-order valence-electron chi connectivity index (χ2n) is 5.58. The Hall–Kier alpha value is -2.01. The lowest BCUT2D eigenvalue weighted by molar-refractivity contribution is -0.0152. The number of rotatable bonds is 3. The standard InChI is InChI=1S/C16H20N2O3/c1-20-12-3-2-4-13(9-12)21-16(19)15-8-10-7-11(17)5-6-14(10)18-15/h5-8,12-13,18H,2-4,9,17H2,1H3. The van der Waals surface area contributed by atoms with Crippen molar-refractivity contribution in [3.63, 3.8) is 0 Å². The molecule has 1 fully saturated rings. The van der Waals surface area contributed by atoms with Gasteiger partial charge in [-0.2, -0.15) is 0 Å². The lowest BCUT2D eigenvalue weighted by Crippen LogP contribution is -2.29. The van der Waals surface area contributed by atoms with Gasteiger partial charge in [-0.3, -0.25) is 0 Å². The quantitative estimate of drug-likeness (QED) is 0.672. The molecule has 0 spiro atoms. The van der Waals surface area contributed by atoms with Crippen molar-refractivity contribution < 1.29 is 14.3 Å². The van der Waals surface area contributed by atoms with E-state index in [4.69, 9.17) is 15.2 Å². The van der Waals surface area contributed by atoms with E-state index in [1.165, 1.54) is 0 Å². The smallest absolute Gasteiger partial charge is 0.355 e. The van der Waals surface area contributed by atoms with Crippen LogP contribution in [0.3, 0.4) is 0 Å². The fourth-order valence-corrected chi connectivity index (χ4v) is 2.90. The Morgan fingerprint density at radius 3 is 2.90 bits per heavy atom. The number of hydrogen-bond donors (Lipinski definition) is 2. The third-order valence-electron chi connectivity index (χ3n) is 4.05. The van der Waals surface area contributed by atoms with Gasteiger partial charge in [0.25, 0.3) is 0 Å². The first kappa shape index (κ1) is 13.9. The van der Waals surface area contributed by atoms with E-state index in [1.807, 2.05) is 12.1 Å². The van der Waals surface area contributed by atoms with Gasteiger partial charge in [0.15, 0.2) is 0 Å². The van der Waals surface area contributed by atoms with E-state index in [0.29, 0.717) is 11.4 Å². The summed E-state index contributed by atoms with van der Waals surface area (Å²) in [7, 11) is 1.71. The summed E-state index contributed by atoms with van der Waals surface area (Å²) in [5.41, 5.74) is 7.77. The van der Waals surface area contributed by atoms with Crippen LogP contribution in [-0.2, 0) is 9.47 Å². The molecule has 21 heavy (non-hydrogen) atoms. The van der Waals surface area contributed by atoms with E-state index in [0.717, 1.165) is 36.6 Å². The molecule has 112 valence electrons. The van der Waals surface area contributed by atoms with E-state index in [9.17, 15) is 4.79 Å². The summed E-state index contributed by atoms with van der Waals surface area (Å²) in [6.07, 6.45) is 3.87. The zero-order valence-electron chi connectivity index (χ0n) is 12.1. The molecule has 3 rings (SSSR count). The number of nitrogen functional groups attached to an aromatic ring is 1. The first-order valence-corrected chi connectivity index (χ1v) is 7.27. The minimum absolute atomic E-state index is 0.0623. The Morgan fingerprint density at radius 2 is 2.10 bits per heavy atom. The van der Waals surface area contributed by atoms with Crippen molar-refractivity contribution in [1.29, 1.82) is 0 Å². The molecule has 2 unspecified atom stereocenters. The molecule has 2 aromatic rings. The van der Waals surface area contributed by atoms with E-state index < -0.39 is 0 Å². The maximum atomic E-state index is 12.2. The monoisotopic (exact) mass is 288 g/mol. The van der Waals surface area contributed by atoms with Crippen LogP contribution < -0.4 is 5.73 Å². The molecule has 0 radical (unpaired) electrons. The maximum absolute atomic E-state index is 12.2. The zero-order valence-corrected chi connectivity index (χ0v) is 12.1. The van der Waals surface area contributed by atoms with Crippen LogP contribution in [0.2, 0.25) is 0 Å². The SMILES string of the molecule is COC1CCCC(OC(=O)c2cc3cc(N)ccc3[nH]2)C1. The number of hydrogen-bond acceptors (Lipinski definition) is 4. The third-order valence-corrected chi connectivity index (χ3v) is 4.05. The number of nitrogens with two attached hydrogens (primary N) is 1. The van der Waals surface area contributed by atoms with Gasteiger partial charge in [0, 0.05) is 30.1 Å². The van der Waals surface area contributed by atoms with Crippen LogP contribution in [0.1, 0.15) is 36.2 Å². The fourth-order valence-electron chi connectivity index (χ4n) is 2.90. The Balaban J connectivity index is 1.71. The fraction of sp³-hybridized carbons (Fsp3) is 0.438. The molecule has 1 aromatic carbocycles. The highest BCUT2D eigenvalue weighted by atomic mass is 16.5. The van der Waals surface area contributed by atoms with Crippen LogP contribution in [0.5, 0.6) is 0 Å². The normalized spacial score (nSPS) is 22.3. The van der Waals surface area contributed by atoms with Gasteiger partial charge in [0.05, 0.1) is 6.10 Å². The summed E-state index contributed by atoms with van der Waals surface area (Å²) in [6.45, 7) is 0. The van der Waals surface area contributed by atoms with Crippen molar-refractivity contribution in [3.8, 4) is 0 Å². The number of nitrogens with one attached hydrogen (secondary N) is 1. The summed E-state index contributed by atoms with van der Waals surface area (Å²) in [5, 5.41) is 0.917. The Kier molecular flexibility index (Phi) is 3.84. The summed E-state index contributed by atoms with van der Waals surface area (Å²) in [6, 6.07) is 7.29. The van der Waals surface area contributed by atoms with Gasteiger partial charge in [-0.15, -0.1) is 0 Å². The second-order valence-corrected chi connectivity index (χ2v) is 5.58. The molecule has 5 heteroatoms. The summed E-state index contributed by atoms with van der Waals surface area (Å²) >= 11 is 0. The van der Waals surface area contributed by atoms with E-state index >= 15 is 0 Å². The molecular formula is C16H20N2O3. The molecule has 1 aromatic heterocycles. The minimum atomic E-state index is -0.313. The molecule has 1 heterocycles. The molecule has 1 aliphatic carbocycles. The number of fused-ring (bicyclic) bond motifs is 1. The lowest BCUT2D eigenvalue weighted by atomic mass is 9.95. The highest BCUT2D eigenvalue weighted by molar-refractivity contribution is 5.95. The van der Waals surface area contributed by atoms with Crippen molar-refractivity contribution in [2.75, 3.05) is 12.8 Å². The largest absolute Gasteiger partial charge is 0.458 e. The maximum Gasteiger partial charge on any atom is 0.355 e. The number of esters is 1. The number of H-pyrrole nitrogens is 1. The van der Waals surface area contributed by atoms with Crippen molar-refractivity contribution in [2.45, 2.75) is 37.9 Å². The molecule has 5 nitrogen and oxygen atoms in total. The van der Waals surface area contributed by atoms with E-state index in [2.05, 4.69) is 4.98 Å². The highest BCUT2D eigenvalue weighted by Crippen LogP contribution is 2.25. The topological polar surface area (TPSA) is 77.3 Å². The Bertz CT molecular complexity index is 650. The predicted molar refractivity (Wildman–Crippen MR) is 81.2 cm³/mol. The number of ether oxygens (including phenoxy) is 2. The highest BCUT2D eigenvalue weighted by Gasteiger charge is 2.25. The van der Waals surface area contributed by atoms with Crippen LogP contribution >= 0.6 is 0 Å². The van der Waals surface area contributed by atoms with Crippen LogP contribution in [-0.4, -0.2) is 30.3 Å². The van der Waals surface area contributed by atoms with Crippen LogP contribution in [0.25, 0.3) is 10.9 Å². The lowest BCUT2D eigenvalue weighted by Gasteiger charge is -2.27. The van der Waals surface area contributed by atoms with Crippen molar-refractivity contribution in [2.24, 2.45) is 0 Å². The van der Waals surface area contributed by atoms with Gasteiger partial charge in [-0.05, 0) is 43.5 Å². The van der Waals surface area contributed by atoms with Crippen LogP contribution in [0.15, 0.2) is 24.3 Å². The molecule has 1 saturated carbocycles. The Labute approximate surface area is 123 Å². The van der Waals surface area contributed by atoms with Crippen LogP contribution in [0, 0.1) is 0 Å². The number of carbonyl (C=O) groups excluding carboxylic acids is 1. The van der Waals surface area contributed by atoms with Gasteiger partial charge in [0.2, 0.25) is 0 Å². The predicted octanol–water partition coefficient (Wildman–Crippen LogP) is 2.86. The van der Waals surface area contributed by atoms with Crippen LogP contribution in [0.4, 0.5) is 5.69 Å². The number of carbonyl (C=O) groups is 1. The Morgan fingerprint density at radius 1 is 1.29 bits per heavy atom. The van der Waals surface area contributed by atoms with E-state index in [-0.39, 0.29) is 18.2 Å². The molecule has 1 aliphatic rings. The van der Waals surface area contributed by atoms with Crippen molar-refractivity contribution in [3.05, 3.63) is 30.0 Å². The molecule has 2 atom stereocenters. The number of methoxy groups -OCH3 is 1. The summed E-state index contributed by atoms with van der Waals surface area (Å²) < 4.78 is 10.9. The molecule has 0 aliphatic heterocycles. The number of anilines is 1. The second kappa shape index (κ2) is 5.77. The average molecular weight is 288 g/mol. The summed E-state index contributed by atoms with van der Waals surface area (Å²) in [5.74, 6) is -0.313. The number of benzene rings is 1. The van der Waals surface area contributed by atoms with Gasteiger partial charge in [-0.1, -0.05) is 0 Å². The number of aromatic nitrogens is 1. The van der Waals surface area contributed by atoms with Gasteiger partial charge >= 0.3 is 5.97 Å². The van der Waals surface area contributed by atoms with E-state index in [1.54, 1.807) is 19.2 Å². The van der Waals surface area contributed by atoms with Gasteiger partial charge < -0.3 is 20.2 Å². The average Bonchev–Trinajstić information content (AvgIpc) is 2.90. The third kappa shape index (κ3) is 3.03. The first-order chi connectivity index (χ1) is 10.2. The van der Waals surface area contributed by atoms with Crippen molar-refractivity contribution in [1.82, 2.24) is 4.98 Å². The molecular weight excluding hydrogens is 268 g/mol.